The van der Waals surface area contributed by atoms with Gasteiger partial charge >= 0.3 is 0 Å². The van der Waals surface area contributed by atoms with Crippen molar-refractivity contribution in [3.63, 3.8) is 0 Å². The molecule has 0 unspecified atom stereocenters. The second-order valence-electron chi connectivity index (χ2n) is 9.05. The van der Waals surface area contributed by atoms with Gasteiger partial charge in [0.2, 0.25) is 5.91 Å². The van der Waals surface area contributed by atoms with Crippen molar-refractivity contribution in [1.29, 1.82) is 0 Å². The number of amides is 1. The number of hydrogen-bond donors (Lipinski definition) is 2. The topological polar surface area (TPSA) is 55.1 Å². The highest BCUT2D eigenvalue weighted by Crippen LogP contribution is 2.37. The molecule has 0 spiro atoms. The molecule has 150 valence electrons. The van der Waals surface area contributed by atoms with Gasteiger partial charge in [0.1, 0.15) is 5.82 Å². The summed E-state index contributed by atoms with van der Waals surface area (Å²) in [5, 5.41) is 3.59. The minimum absolute atomic E-state index is 0.280. The number of primary amides is 1. The van der Waals surface area contributed by atoms with Gasteiger partial charge in [0, 0.05) is 23.7 Å². The van der Waals surface area contributed by atoms with E-state index in [1.165, 1.54) is 25.7 Å². The molecule has 1 amide bonds. The zero-order valence-corrected chi connectivity index (χ0v) is 17.1. The molecule has 0 bridgehead atoms. The summed E-state index contributed by atoms with van der Waals surface area (Å²) in [7, 11) is 0. The number of nitrogens with one attached hydrogen (secondary N) is 1. The lowest BCUT2D eigenvalue weighted by atomic mass is 9.71. The van der Waals surface area contributed by atoms with Crippen LogP contribution in [0.15, 0.2) is 42.5 Å². The average molecular weight is 383 g/mol. The molecule has 2 aromatic carbocycles. The molecule has 0 aliphatic heterocycles. The van der Waals surface area contributed by atoms with Gasteiger partial charge in [0.15, 0.2) is 0 Å². The molecule has 0 radical (unpaired) electrons. The Morgan fingerprint density at radius 2 is 1.82 bits per heavy atom. The third-order valence-electron chi connectivity index (χ3n) is 6.04. The average Bonchev–Trinajstić information content (AvgIpc) is 2.66. The number of nitrogens with two attached hydrogens (primary N) is 1. The number of carbonyl (C=O) groups excluding carboxylic acids is 1. The van der Waals surface area contributed by atoms with Crippen LogP contribution in [0.4, 0.5) is 4.39 Å². The normalized spacial score (nSPS) is 20.1. The molecule has 1 aliphatic carbocycles. The van der Waals surface area contributed by atoms with Crippen molar-refractivity contribution in [2.45, 2.75) is 59.0 Å². The van der Waals surface area contributed by atoms with Gasteiger partial charge in [-0.3, -0.25) is 4.79 Å². The highest BCUT2D eigenvalue weighted by Gasteiger charge is 2.29. The Labute approximate surface area is 167 Å². The lowest BCUT2D eigenvalue weighted by Gasteiger charge is -2.37. The van der Waals surface area contributed by atoms with E-state index in [0.717, 1.165) is 11.5 Å². The molecule has 28 heavy (non-hydrogen) atoms. The fourth-order valence-corrected chi connectivity index (χ4v) is 4.17. The fourth-order valence-electron chi connectivity index (χ4n) is 4.17. The second-order valence-corrected chi connectivity index (χ2v) is 9.05. The maximum absolute atomic E-state index is 14.7. The number of carbonyl (C=O) groups is 1. The number of benzene rings is 2. The van der Waals surface area contributed by atoms with Gasteiger partial charge in [-0.15, -0.1) is 0 Å². The SMILES string of the molecule is CC(C)(C)[C@H]1CC[C@@H](NCc2ccc(-c3cccc(C(N)=O)c3)c(F)c2)CC1. The molecule has 1 saturated carbocycles. The first kappa shape index (κ1) is 20.5. The van der Waals surface area contributed by atoms with Gasteiger partial charge in [-0.25, -0.2) is 4.39 Å². The monoisotopic (exact) mass is 382 g/mol. The first-order valence-electron chi connectivity index (χ1n) is 10.2. The Morgan fingerprint density at radius 3 is 2.43 bits per heavy atom. The minimum Gasteiger partial charge on any atom is -0.366 e. The van der Waals surface area contributed by atoms with Crippen LogP contribution in [0.25, 0.3) is 11.1 Å². The van der Waals surface area contributed by atoms with E-state index in [9.17, 15) is 9.18 Å². The van der Waals surface area contributed by atoms with Gasteiger partial charge in [0.25, 0.3) is 0 Å². The van der Waals surface area contributed by atoms with Gasteiger partial charge in [-0.05, 0) is 66.3 Å². The van der Waals surface area contributed by atoms with Crippen molar-refractivity contribution < 1.29 is 9.18 Å². The second kappa shape index (κ2) is 8.44. The van der Waals surface area contributed by atoms with Crippen LogP contribution >= 0.6 is 0 Å². The van der Waals surface area contributed by atoms with Gasteiger partial charge < -0.3 is 11.1 Å². The maximum Gasteiger partial charge on any atom is 0.248 e. The summed E-state index contributed by atoms with van der Waals surface area (Å²) in [5.41, 5.74) is 8.17. The quantitative estimate of drug-likeness (QED) is 0.738. The van der Waals surface area contributed by atoms with E-state index in [0.29, 0.717) is 34.7 Å². The molecule has 1 fully saturated rings. The molecule has 3 rings (SSSR count). The van der Waals surface area contributed by atoms with E-state index < -0.39 is 5.91 Å². The number of halogens is 1. The molecular formula is C24H31FN2O. The molecule has 0 aromatic heterocycles. The van der Waals surface area contributed by atoms with Crippen LogP contribution in [0.2, 0.25) is 0 Å². The Kier molecular flexibility index (Phi) is 6.19. The fraction of sp³-hybridized carbons (Fsp3) is 0.458. The van der Waals surface area contributed by atoms with Crippen LogP contribution in [0.1, 0.15) is 62.4 Å². The Balaban J connectivity index is 1.61. The third-order valence-corrected chi connectivity index (χ3v) is 6.04. The van der Waals surface area contributed by atoms with Gasteiger partial charge in [0.05, 0.1) is 0 Å². The maximum atomic E-state index is 14.7. The molecule has 1 aliphatic rings. The predicted molar refractivity (Wildman–Crippen MR) is 112 cm³/mol. The Morgan fingerprint density at radius 1 is 1.11 bits per heavy atom. The predicted octanol–water partition coefficient (Wildman–Crippen LogP) is 5.29. The standard InChI is InChI=1S/C24H31FN2O/c1-24(2,3)19-8-10-20(11-9-19)27-15-16-7-12-21(22(25)13-16)17-5-4-6-18(14-17)23(26)28/h4-7,12-14,19-20,27H,8-11,15H2,1-3H3,(H2,26,28)/t19-,20+. The van der Waals surface area contributed by atoms with E-state index in [4.69, 9.17) is 5.73 Å². The summed E-state index contributed by atoms with van der Waals surface area (Å²) in [5.74, 6) is 0.0000600. The molecule has 0 heterocycles. The summed E-state index contributed by atoms with van der Waals surface area (Å²) >= 11 is 0. The summed E-state index contributed by atoms with van der Waals surface area (Å²) in [6, 6.07) is 12.6. The zero-order chi connectivity index (χ0) is 20.3. The van der Waals surface area contributed by atoms with E-state index in [2.05, 4.69) is 26.1 Å². The smallest absolute Gasteiger partial charge is 0.248 e. The van der Waals surface area contributed by atoms with Crippen molar-refractivity contribution in [1.82, 2.24) is 5.32 Å². The van der Waals surface area contributed by atoms with E-state index in [1.807, 2.05) is 6.07 Å². The molecule has 0 atom stereocenters. The summed E-state index contributed by atoms with van der Waals surface area (Å²) < 4.78 is 14.7. The van der Waals surface area contributed by atoms with Crippen LogP contribution in [0.5, 0.6) is 0 Å². The van der Waals surface area contributed by atoms with Crippen LogP contribution in [0.3, 0.4) is 0 Å². The van der Waals surface area contributed by atoms with Crippen molar-refractivity contribution in [2.24, 2.45) is 17.1 Å². The lowest BCUT2D eigenvalue weighted by molar-refractivity contribution is 0.100. The summed E-state index contributed by atoms with van der Waals surface area (Å²) in [6.07, 6.45) is 4.88. The van der Waals surface area contributed by atoms with Crippen LogP contribution in [0, 0.1) is 17.2 Å². The molecule has 4 heteroatoms. The largest absolute Gasteiger partial charge is 0.366 e. The molecule has 0 saturated heterocycles. The van der Waals surface area contributed by atoms with Gasteiger partial charge in [-0.1, -0.05) is 45.0 Å². The first-order chi connectivity index (χ1) is 13.2. The van der Waals surface area contributed by atoms with E-state index >= 15 is 0 Å². The Bertz CT molecular complexity index is 833. The highest BCUT2D eigenvalue weighted by molar-refractivity contribution is 5.94. The van der Waals surface area contributed by atoms with Crippen molar-refractivity contribution >= 4 is 5.91 Å². The summed E-state index contributed by atoms with van der Waals surface area (Å²) in [4.78, 5) is 11.4. The van der Waals surface area contributed by atoms with Crippen LogP contribution < -0.4 is 11.1 Å². The Hall–Kier alpha value is -2.20. The molecule has 3 nitrogen and oxygen atoms in total. The van der Waals surface area contributed by atoms with Crippen molar-refractivity contribution in [3.8, 4) is 11.1 Å². The van der Waals surface area contributed by atoms with Crippen LogP contribution in [-0.4, -0.2) is 11.9 Å². The number of rotatable bonds is 5. The zero-order valence-electron chi connectivity index (χ0n) is 17.1. The number of hydrogen-bond acceptors (Lipinski definition) is 2. The molecule has 3 N–H and O–H groups in total. The molecular weight excluding hydrogens is 351 g/mol. The highest BCUT2D eigenvalue weighted by atomic mass is 19.1. The summed E-state index contributed by atoms with van der Waals surface area (Å²) in [6.45, 7) is 7.65. The van der Waals surface area contributed by atoms with Crippen LogP contribution in [-0.2, 0) is 6.54 Å². The van der Waals surface area contributed by atoms with Gasteiger partial charge in [-0.2, -0.15) is 0 Å². The third kappa shape index (κ3) is 4.99. The minimum atomic E-state index is -0.510. The van der Waals surface area contributed by atoms with Crippen molar-refractivity contribution in [2.75, 3.05) is 0 Å². The first-order valence-corrected chi connectivity index (χ1v) is 10.2. The molecule has 2 aromatic rings. The van der Waals surface area contributed by atoms with E-state index in [-0.39, 0.29) is 5.82 Å². The van der Waals surface area contributed by atoms with Crippen molar-refractivity contribution in [3.05, 3.63) is 59.4 Å². The lowest BCUT2D eigenvalue weighted by Crippen LogP contribution is -2.35. The van der Waals surface area contributed by atoms with E-state index in [1.54, 1.807) is 36.4 Å².